The van der Waals surface area contributed by atoms with Crippen molar-refractivity contribution in [3.63, 3.8) is 0 Å². The van der Waals surface area contributed by atoms with E-state index < -0.39 is 241 Å². The molecule has 6 aliphatic heterocycles. The van der Waals surface area contributed by atoms with E-state index in [1.165, 1.54) is 0 Å². The molecular weight excluding hydrogens is 1040 g/mol. The second-order valence-electron chi connectivity index (χ2n) is 19.0. The fourth-order valence-electron chi connectivity index (χ4n) is 9.62. The van der Waals surface area contributed by atoms with Gasteiger partial charge in [0.05, 0.1) is 39.6 Å². The summed E-state index contributed by atoms with van der Waals surface area (Å²) in [6, 6.07) is -5.08. The van der Waals surface area contributed by atoms with Crippen molar-refractivity contribution in [3.05, 3.63) is 0 Å². The van der Waals surface area contributed by atoms with E-state index in [1.807, 2.05) is 0 Å². The molecule has 6 rings (SSSR count). The second kappa shape index (κ2) is 27.2. The van der Waals surface area contributed by atoms with Gasteiger partial charge in [0.25, 0.3) is 0 Å². The summed E-state index contributed by atoms with van der Waals surface area (Å²) in [4.78, 5) is 37.5. The Balaban J connectivity index is 1.22. The molecule has 0 spiro atoms. The van der Waals surface area contributed by atoms with Crippen LogP contribution in [0.5, 0.6) is 0 Å². The van der Waals surface area contributed by atoms with Gasteiger partial charge in [-0.3, -0.25) is 14.4 Å². The molecule has 76 heavy (non-hydrogen) atoms. The third kappa shape index (κ3) is 13.7. The molecule has 1 unspecified atom stereocenters. The van der Waals surface area contributed by atoms with Crippen molar-refractivity contribution in [1.82, 2.24) is 16.0 Å². The minimum absolute atomic E-state index is 0.779. The van der Waals surface area contributed by atoms with Gasteiger partial charge in [0.15, 0.2) is 37.7 Å². The maximum absolute atomic E-state index is 12.6. The Hall–Kier alpha value is -2.71. The van der Waals surface area contributed by atoms with E-state index >= 15 is 0 Å². The number of hydrogen-bond donors (Lipinski definition) is 20. The third-order valence-electron chi connectivity index (χ3n) is 13.6. The number of amides is 3. The fraction of sp³-hybridized carbons (Fsp3) is 0.929. The predicted molar refractivity (Wildman–Crippen MR) is 234 cm³/mol. The molecule has 20 N–H and O–H groups in total. The summed E-state index contributed by atoms with van der Waals surface area (Å²) in [5.41, 5.74) is 0. The Morgan fingerprint density at radius 2 is 0.697 bits per heavy atom. The third-order valence-corrected chi connectivity index (χ3v) is 13.6. The van der Waals surface area contributed by atoms with E-state index in [9.17, 15) is 101 Å². The van der Waals surface area contributed by atoms with Gasteiger partial charge in [-0.05, 0) is 0 Å². The lowest BCUT2D eigenvalue weighted by Gasteiger charge is -2.50. The molecular formula is C42H71N3O31. The fourth-order valence-corrected chi connectivity index (χ4v) is 9.62. The highest BCUT2D eigenvalue weighted by Crippen LogP contribution is 2.36. The molecule has 6 heterocycles. The molecule has 34 nitrogen and oxygen atoms in total. The van der Waals surface area contributed by atoms with E-state index in [0.29, 0.717) is 0 Å². The van der Waals surface area contributed by atoms with Crippen LogP contribution in [0, 0.1) is 0 Å². The van der Waals surface area contributed by atoms with Gasteiger partial charge in [-0.1, -0.05) is 0 Å². The molecule has 0 saturated carbocycles. The quantitative estimate of drug-likeness (QED) is 0.0571. The maximum atomic E-state index is 12.6. The average molecular weight is 1110 g/mol. The van der Waals surface area contributed by atoms with Gasteiger partial charge < -0.3 is 155 Å². The summed E-state index contributed by atoms with van der Waals surface area (Å²) < 4.78 is 63.0. The Morgan fingerprint density at radius 1 is 0.342 bits per heavy atom. The molecule has 0 aromatic carbocycles. The van der Waals surface area contributed by atoms with Gasteiger partial charge in [-0.2, -0.15) is 0 Å². The molecule has 0 bridgehead atoms. The largest absolute Gasteiger partial charge is 0.394 e. The van der Waals surface area contributed by atoms with E-state index in [-0.39, 0.29) is 0 Å². The number of carbonyl (C=O) groups excluding carboxylic acids is 3. The van der Waals surface area contributed by atoms with Crippen molar-refractivity contribution in [1.29, 1.82) is 0 Å². The molecule has 440 valence electrons. The minimum Gasteiger partial charge on any atom is -0.394 e. The van der Waals surface area contributed by atoms with Crippen LogP contribution in [-0.4, -0.2) is 328 Å². The molecule has 3 amide bonds. The number of nitrogens with one attached hydrogen (secondary N) is 3. The van der Waals surface area contributed by atoms with Crippen LogP contribution in [0.15, 0.2) is 0 Å². The first-order chi connectivity index (χ1) is 35.9. The van der Waals surface area contributed by atoms with Crippen molar-refractivity contribution in [2.24, 2.45) is 0 Å². The van der Waals surface area contributed by atoms with Crippen molar-refractivity contribution in [2.45, 2.75) is 205 Å². The van der Waals surface area contributed by atoms with Gasteiger partial charge in [0.2, 0.25) is 17.7 Å². The zero-order valence-corrected chi connectivity index (χ0v) is 40.9. The Bertz CT molecular complexity index is 1870. The Morgan fingerprint density at radius 3 is 1.17 bits per heavy atom. The lowest BCUT2D eigenvalue weighted by molar-refractivity contribution is -0.376. The molecule has 30 atom stereocenters. The molecule has 34 heteroatoms. The van der Waals surface area contributed by atoms with E-state index in [2.05, 4.69) is 16.0 Å². The summed E-state index contributed by atoms with van der Waals surface area (Å²) in [5, 5.41) is 189. The molecule has 6 fully saturated rings. The molecule has 0 aliphatic carbocycles. The molecule has 6 aliphatic rings. The van der Waals surface area contributed by atoms with Crippen molar-refractivity contribution < 1.29 is 153 Å². The van der Waals surface area contributed by atoms with Crippen LogP contribution in [0.1, 0.15) is 20.8 Å². The number of carbonyl (C=O) groups is 3. The number of ether oxygens (including phenoxy) is 11. The Labute approximate surface area is 431 Å². The standard InChI is InChI=1S/C42H71N3O31/c1-10(51)43-19-27(59)33(73-40-30(62)28(60)22(54)13(4-46)69-40)17(8-50)72-38(19)66-9-18-26(58)34(20(37(65)67-18)44-11(2)52)74-42-32(64)36(25(57)16(7-49)71-42)76-39-21(45-12(3)53)35(24(56)15(6-48)68-39)75-41-31(63)29(61)23(55)14(5-47)70-41/h13-42,46-50,54-65H,4-9H2,1-3H3,(H,43,51)(H,44,52)(H,45,53)/t13-,14-,15-,16-,17-,18-,19-,20-,21-,22+,23+,24-,25+,26+,27-,28+,29+,30-,31-,32-,33-,34-,35-,36+,37?,38-,39+,40+,41+,42+/m1/s1. The summed E-state index contributed by atoms with van der Waals surface area (Å²) in [7, 11) is 0. The monoisotopic (exact) mass is 1110 g/mol. The van der Waals surface area contributed by atoms with Gasteiger partial charge in [0, 0.05) is 20.8 Å². The molecule has 0 radical (unpaired) electrons. The first-order valence-electron chi connectivity index (χ1n) is 24.1. The summed E-state index contributed by atoms with van der Waals surface area (Å²) in [5.74, 6) is -2.44. The second-order valence-corrected chi connectivity index (χ2v) is 19.0. The SMILES string of the molecule is CC(=O)N[C@H]1[C@H](OC[C@H]2OC(O)[C@H](NC(C)=O)[C@@H](O[C@@H]3O[C@H](CO)[C@H](O)[C@H](O[C@@H]4O[C@H](CO)[C@@H](O)[C@H](O[C@@H]5O[C@H](CO)[C@H](O)[C@H](O)[C@H]5O)[C@H]4NC(C)=O)[C@H]3O)[C@H]2O)O[C@H](CO)[C@@H](O[C@@H]2O[C@H](CO)[C@H](O)[C@H](O)[C@H]2O)[C@@H]1O. The van der Waals surface area contributed by atoms with Gasteiger partial charge in [-0.25, -0.2) is 0 Å². The summed E-state index contributed by atoms with van der Waals surface area (Å²) >= 11 is 0. The first-order valence-corrected chi connectivity index (χ1v) is 24.1. The van der Waals surface area contributed by atoms with Crippen molar-refractivity contribution >= 4 is 17.7 Å². The van der Waals surface area contributed by atoms with E-state index in [1.54, 1.807) is 0 Å². The lowest BCUT2D eigenvalue weighted by Crippen LogP contribution is -2.70. The van der Waals surface area contributed by atoms with Crippen LogP contribution in [0.4, 0.5) is 0 Å². The van der Waals surface area contributed by atoms with Crippen LogP contribution < -0.4 is 16.0 Å². The minimum atomic E-state index is -2.24. The highest BCUT2D eigenvalue weighted by atomic mass is 16.8. The van der Waals surface area contributed by atoms with Crippen LogP contribution in [0.2, 0.25) is 0 Å². The zero-order chi connectivity index (χ0) is 56.2. The van der Waals surface area contributed by atoms with Crippen LogP contribution in [0.25, 0.3) is 0 Å². The van der Waals surface area contributed by atoms with Crippen molar-refractivity contribution in [2.75, 3.05) is 39.6 Å². The normalized spacial score (nSPS) is 48.2. The first kappa shape index (κ1) is 62.5. The average Bonchev–Trinajstić information content (AvgIpc) is 3.37. The Kier molecular flexibility index (Phi) is 22.3. The highest BCUT2D eigenvalue weighted by molar-refractivity contribution is 5.74. The molecule has 0 aromatic heterocycles. The van der Waals surface area contributed by atoms with Crippen LogP contribution in [0.3, 0.4) is 0 Å². The summed E-state index contributed by atoms with van der Waals surface area (Å²) in [6.45, 7) is -2.48. The predicted octanol–water partition coefficient (Wildman–Crippen LogP) is -13.7. The summed E-state index contributed by atoms with van der Waals surface area (Å²) in [6.07, 6.45) is -50.5. The molecule has 0 aromatic rings. The number of rotatable bonds is 19. The number of aliphatic hydroxyl groups excluding tert-OH is 17. The van der Waals surface area contributed by atoms with Gasteiger partial charge >= 0.3 is 0 Å². The van der Waals surface area contributed by atoms with Crippen LogP contribution in [-0.2, 0) is 66.5 Å². The zero-order valence-electron chi connectivity index (χ0n) is 40.9. The van der Waals surface area contributed by atoms with Gasteiger partial charge in [-0.15, -0.1) is 0 Å². The highest BCUT2D eigenvalue weighted by Gasteiger charge is 2.57. The number of aliphatic hydroxyl groups is 17. The van der Waals surface area contributed by atoms with Crippen LogP contribution >= 0.6 is 0 Å². The molecule has 6 saturated heterocycles. The smallest absolute Gasteiger partial charge is 0.217 e. The number of hydrogen-bond acceptors (Lipinski definition) is 31. The van der Waals surface area contributed by atoms with Gasteiger partial charge in [0.1, 0.15) is 146 Å². The maximum Gasteiger partial charge on any atom is 0.217 e. The van der Waals surface area contributed by atoms with E-state index in [4.69, 9.17) is 52.1 Å². The van der Waals surface area contributed by atoms with Crippen molar-refractivity contribution in [3.8, 4) is 0 Å². The topological polar surface area (TPSA) is 533 Å². The van der Waals surface area contributed by atoms with E-state index in [0.717, 1.165) is 20.8 Å². The lowest BCUT2D eigenvalue weighted by atomic mass is 9.94.